The molecule has 1 aromatic carbocycles. The highest BCUT2D eigenvalue weighted by Crippen LogP contribution is 2.63. The first-order chi connectivity index (χ1) is 9.85. The SMILES string of the molecule is N=S(=O)(c1cc(C(F)(F)F)cc(C(F)(F)F)c1)C12CC(C1)C2. The van der Waals surface area contributed by atoms with Crippen molar-refractivity contribution >= 4 is 9.73 Å². The summed E-state index contributed by atoms with van der Waals surface area (Å²) in [6.07, 6.45) is -8.68. The van der Waals surface area contributed by atoms with Gasteiger partial charge >= 0.3 is 12.4 Å². The van der Waals surface area contributed by atoms with Crippen LogP contribution >= 0.6 is 0 Å². The Hall–Kier alpha value is -1.25. The zero-order valence-corrected chi connectivity index (χ0v) is 11.8. The summed E-state index contributed by atoms with van der Waals surface area (Å²) in [5, 5.41) is 0. The van der Waals surface area contributed by atoms with Crippen molar-refractivity contribution < 1.29 is 30.6 Å². The maximum Gasteiger partial charge on any atom is 0.416 e. The molecule has 0 aliphatic heterocycles. The second-order valence-electron chi connectivity index (χ2n) is 5.96. The van der Waals surface area contributed by atoms with Gasteiger partial charge in [-0.2, -0.15) is 26.3 Å². The predicted molar refractivity (Wildman–Crippen MR) is 65.6 cm³/mol. The Morgan fingerprint density at radius 3 is 1.64 bits per heavy atom. The normalized spacial score (nSPS) is 30.2. The molecule has 2 nitrogen and oxygen atoms in total. The molecule has 3 saturated carbocycles. The fraction of sp³-hybridized carbons (Fsp3) is 0.538. The van der Waals surface area contributed by atoms with E-state index in [1.807, 2.05) is 0 Å². The third-order valence-electron chi connectivity index (χ3n) is 4.48. The lowest BCUT2D eigenvalue weighted by molar-refractivity contribution is -0.143. The van der Waals surface area contributed by atoms with Crippen LogP contribution in [-0.4, -0.2) is 8.96 Å². The minimum atomic E-state index is -5.00. The number of alkyl halides is 6. The van der Waals surface area contributed by atoms with Crippen molar-refractivity contribution in [3.63, 3.8) is 0 Å². The van der Waals surface area contributed by atoms with E-state index < -0.39 is 42.9 Å². The summed E-state index contributed by atoms with van der Waals surface area (Å²) in [5.41, 5.74) is -3.05. The predicted octanol–water partition coefficient (Wildman–Crippen LogP) is 4.68. The molecule has 1 atom stereocenters. The number of rotatable bonds is 2. The maximum absolute atomic E-state index is 12.8. The Bertz CT molecular complexity index is 685. The van der Waals surface area contributed by atoms with Crippen molar-refractivity contribution in [2.75, 3.05) is 0 Å². The summed E-state index contributed by atoms with van der Waals surface area (Å²) in [6, 6.07) is 0.830. The van der Waals surface area contributed by atoms with Gasteiger partial charge in [-0.1, -0.05) is 0 Å². The van der Waals surface area contributed by atoms with Crippen LogP contribution in [0.3, 0.4) is 0 Å². The molecule has 0 aromatic heterocycles. The van der Waals surface area contributed by atoms with E-state index in [0.29, 0.717) is 37.3 Å². The van der Waals surface area contributed by atoms with Crippen LogP contribution in [-0.2, 0) is 22.1 Å². The number of benzene rings is 1. The largest absolute Gasteiger partial charge is 0.416 e. The third kappa shape index (κ3) is 2.12. The van der Waals surface area contributed by atoms with Crippen molar-refractivity contribution in [2.45, 2.75) is 41.3 Å². The second-order valence-corrected chi connectivity index (χ2v) is 8.41. The Kier molecular flexibility index (Phi) is 2.97. The molecular formula is C13H11F6NOS. The molecule has 0 saturated heterocycles. The second kappa shape index (κ2) is 4.18. The highest BCUT2D eigenvalue weighted by molar-refractivity contribution is 7.94. The van der Waals surface area contributed by atoms with Crippen LogP contribution in [0, 0.1) is 10.7 Å². The molecule has 22 heavy (non-hydrogen) atoms. The summed E-state index contributed by atoms with van der Waals surface area (Å²) in [5.74, 6) is 0.305. The molecule has 4 rings (SSSR count). The van der Waals surface area contributed by atoms with Gasteiger partial charge in [0.15, 0.2) is 0 Å². The molecule has 0 heterocycles. The van der Waals surface area contributed by atoms with Gasteiger partial charge in [0.25, 0.3) is 0 Å². The molecule has 1 aromatic rings. The van der Waals surface area contributed by atoms with E-state index >= 15 is 0 Å². The Morgan fingerprint density at radius 1 is 0.955 bits per heavy atom. The first kappa shape index (κ1) is 15.6. The lowest BCUT2D eigenvalue weighted by atomic mass is 9.55. The van der Waals surface area contributed by atoms with Crippen LogP contribution in [0.2, 0.25) is 0 Å². The summed E-state index contributed by atoms with van der Waals surface area (Å²) in [7, 11) is -3.70. The number of hydrogen-bond donors (Lipinski definition) is 1. The molecule has 0 spiro atoms. The van der Waals surface area contributed by atoms with Crippen LogP contribution in [0.5, 0.6) is 0 Å². The Labute approximate surface area is 122 Å². The molecule has 1 N–H and O–H groups in total. The summed E-state index contributed by atoms with van der Waals surface area (Å²) >= 11 is 0. The van der Waals surface area contributed by atoms with Crippen molar-refractivity contribution in [3.8, 4) is 0 Å². The maximum atomic E-state index is 12.8. The van der Waals surface area contributed by atoms with Gasteiger partial charge < -0.3 is 0 Å². The highest BCUT2D eigenvalue weighted by atomic mass is 32.2. The summed E-state index contributed by atoms with van der Waals surface area (Å²) in [4.78, 5) is -0.673. The first-order valence-electron chi connectivity index (χ1n) is 6.43. The fourth-order valence-electron chi connectivity index (χ4n) is 3.09. The van der Waals surface area contributed by atoms with E-state index in [1.165, 1.54) is 0 Å². The van der Waals surface area contributed by atoms with E-state index in [9.17, 15) is 30.6 Å². The number of nitrogens with one attached hydrogen (secondary N) is 1. The monoisotopic (exact) mass is 343 g/mol. The molecule has 0 amide bonds. The van der Waals surface area contributed by atoms with E-state index in [2.05, 4.69) is 0 Å². The van der Waals surface area contributed by atoms with Gasteiger partial charge in [-0.25, -0.2) is 8.99 Å². The van der Waals surface area contributed by atoms with E-state index in [4.69, 9.17) is 4.78 Å². The molecule has 3 fully saturated rings. The molecule has 2 bridgehead atoms. The summed E-state index contributed by atoms with van der Waals surface area (Å²) < 4.78 is 96.5. The van der Waals surface area contributed by atoms with Gasteiger partial charge in [0.05, 0.1) is 25.6 Å². The van der Waals surface area contributed by atoms with Crippen molar-refractivity contribution in [2.24, 2.45) is 5.92 Å². The standard InChI is InChI=1S/C13H11F6NOS/c14-12(15,16)8-1-9(13(17,18)19)3-10(2-8)22(20,21)11-4-7(5-11)6-11/h1-3,7,20H,4-6H2. The third-order valence-corrected chi connectivity index (χ3v) is 7.10. The van der Waals surface area contributed by atoms with Crippen LogP contribution in [0.4, 0.5) is 26.3 Å². The average molecular weight is 343 g/mol. The highest BCUT2D eigenvalue weighted by Gasteiger charge is 2.63. The van der Waals surface area contributed by atoms with Gasteiger partial charge in [-0.15, -0.1) is 0 Å². The minimum absolute atomic E-state index is 0.0129. The Morgan fingerprint density at radius 2 is 1.36 bits per heavy atom. The molecule has 122 valence electrons. The fourth-order valence-corrected chi connectivity index (χ4v) is 5.59. The van der Waals surface area contributed by atoms with Gasteiger partial charge in [0.2, 0.25) is 0 Å². The quantitative estimate of drug-likeness (QED) is 0.778. The molecule has 3 aliphatic rings. The topological polar surface area (TPSA) is 40.9 Å². The van der Waals surface area contributed by atoms with E-state index in [-0.39, 0.29) is 6.07 Å². The van der Waals surface area contributed by atoms with Crippen LogP contribution < -0.4 is 0 Å². The van der Waals surface area contributed by atoms with Crippen LogP contribution in [0.25, 0.3) is 0 Å². The van der Waals surface area contributed by atoms with Crippen molar-refractivity contribution in [1.29, 1.82) is 4.78 Å². The van der Waals surface area contributed by atoms with E-state index in [1.54, 1.807) is 0 Å². The molecule has 1 unspecified atom stereocenters. The molecule has 9 heteroatoms. The lowest BCUT2D eigenvalue weighted by Gasteiger charge is -2.61. The molecule has 0 radical (unpaired) electrons. The number of hydrogen-bond acceptors (Lipinski definition) is 2. The van der Waals surface area contributed by atoms with Gasteiger partial charge in [-0.05, 0) is 43.4 Å². The zero-order valence-electron chi connectivity index (χ0n) is 11.0. The summed E-state index contributed by atoms with van der Waals surface area (Å²) in [6.45, 7) is 0. The van der Waals surface area contributed by atoms with Gasteiger partial charge in [0, 0.05) is 4.90 Å². The molecule has 3 aliphatic carbocycles. The van der Waals surface area contributed by atoms with Crippen LogP contribution in [0.1, 0.15) is 30.4 Å². The smallest absolute Gasteiger partial charge is 0.248 e. The first-order valence-corrected chi connectivity index (χ1v) is 7.99. The van der Waals surface area contributed by atoms with Gasteiger partial charge in [-0.3, -0.25) is 0 Å². The van der Waals surface area contributed by atoms with Crippen molar-refractivity contribution in [1.82, 2.24) is 0 Å². The lowest BCUT2D eigenvalue weighted by Crippen LogP contribution is -2.62. The minimum Gasteiger partial charge on any atom is -0.248 e. The van der Waals surface area contributed by atoms with E-state index in [0.717, 1.165) is 0 Å². The van der Waals surface area contributed by atoms with Crippen molar-refractivity contribution in [3.05, 3.63) is 29.3 Å². The Balaban J connectivity index is 2.15. The van der Waals surface area contributed by atoms with Gasteiger partial charge in [0.1, 0.15) is 0 Å². The average Bonchev–Trinajstić information content (AvgIpc) is 2.20. The molecular weight excluding hydrogens is 332 g/mol. The number of halogens is 6. The van der Waals surface area contributed by atoms with Crippen LogP contribution in [0.15, 0.2) is 23.1 Å². The zero-order chi connectivity index (χ0) is 16.6.